The van der Waals surface area contributed by atoms with E-state index in [0.717, 1.165) is 11.1 Å². The lowest BCUT2D eigenvalue weighted by Gasteiger charge is -2.46. The van der Waals surface area contributed by atoms with E-state index in [1.165, 1.54) is 27.7 Å². The van der Waals surface area contributed by atoms with E-state index in [4.69, 9.17) is 33.2 Å². The van der Waals surface area contributed by atoms with Gasteiger partial charge in [0.2, 0.25) is 6.29 Å². The average Bonchev–Trinajstić information content (AvgIpc) is 2.90. The first kappa shape index (κ1) is 30.7. The van der Waals surface area contributed by atoms with Crippen LogP contribution in [0.3, 0.4) is 0 Å². The molecule has 0 bridgehead atoms. The fourth-order valence-electron chi connectivity index (χ4n) is 4.23. The van der Waals surface area contributed by atoms with Gasteiger partial charge in [0.15, 0.2) is 18.3 Å². The molecule has 0 amide bonds. The Kier molecular flexibility index (Phi) is 11.6. The van der Waals surface area contributed by atoms with Gasteiger partial charge in [-0.15, -0.1) is 0 Å². The molecule has 11 nitrogen and oxygen atoms in total. The van der Waals surface area contributed by atoms with Crippen molar-refractivity contribution >= 4 is 23.9 Å². The van der Waals surface area contributed by atoms with Crippen LogP contribution in [0.15, 0.2) is 60.7 Å². The van der Waals surface area contributed by atoms with Crippen molar-refractivity contribution in [1.82, 2.24) is 0 Å². The van der Waals surface area contributed by atoms with Crippen LogP contribution in [0.1, 0.15) is 38.8 Å². The third-order valence-electron chi connectivity index (χ3n) is 5.82. The number of benzene rings is 2. The highest BCUT2D eigenvalue weighted by molar-refractivity contribution is 5.68. The highest BCUT2D eigenvalue weighted by Gasteiger charge is 2.54. The summed E-state index contributed by atoms with van der Waals surface area (Å²) in [6, 6.07) is 18.4. The first-order valence-corrected chi connectivity index (χ1v) is 12.8. The van der Waals surface area contributed by atoms with Crippen molar-refractivity contribution in [3.05, 3.63) is 71.8 Å². The van der Waals surface area contributed by atoms with E-state index < -0.39 is 60.7 Å². The molecule has 216 valence electrons. The van der Waals surface area contributed by atoms with Gasteiger partial charge in [-0.1, -0.05) is 60.7 Å². The average molecular weight is 559 g/mol. The number of rotatable bonds is 12. The van der Waals surface area contributed by atoms with Gasteiger partial charge in [0.25, 0.3) is 0 Å². The van der Waals surface area contributed by atoms with Crippen molar-refractivity contribution in [2.24, 2.45) is 0 Å². The van der Waals surface area contributed by atoms with E-state index in [-0.39, 0.29) is 19.8 Å². The Morgan fingerprint density at radius 1 is 0.675 bits per heavy atom. The zero-order valence-electron chi connectivity index (χ0n) is 22.8. The number of esters is 4. The molecule has 40 heavy (non-hydrogen) atoms. The van der Waals surface area contributed by atoms with Crippen LogP contribution in [0.4, 0.5) is 0 Å². The van der Waals surface area contributed by atoms with E-state index in [1.54, 1.807) is 0 Å². The molecule has 1 aliphatic rings. The van der Waals surface area contributed by atoms with E-state index >= 15 is 0 Å². The zero-order valence-corrected chi connectivity index (χ0v) is 22.8. The summed E-state index contributed by atoms with van der Waals surface area (Å²) >= 11 is 0. The summed E-state index contributed by atoms with van der Waals surface area (Å²) in [5.74, 6) is -2.64. The summed E-state index contributed by atoms with van der Waals surface area (Å²) in [6.45, 7) is 4.54. The molecule has 2 aromatic carbocycles. The Morgan fingerprint density at radius 3 is 1.68 bits per heavy atom. The second-order valence-corrected chi connectivity index (χ2v) is 9.13. The van der Waals surface area contributed by atoms with Crippen molar-refractivity contribution in [2.45, 2.75) is 77.7 Å². The van der Waals surface area contributed by atoms with Crippen molar-refractivity contribution < 1.29 is 52.3 Å². The van der Waals surface area contributed by atoms with Gasteiger partial charge in [-0.3, -0.25) is 19.2 Å². The Bertz CT molecular complexity index is 1120. The lowest BCUT2D eigenvalue weighted by molar-refractivity contribution is -0.322. The third-order valence-corrected chi connectivity index (χ3v) is 5.82. The van der Waals surface area contributed by atoms with Gasteiger partial charge in [0.1, 0.15) is 18.8 Å². The minimum Gasteiger partial charge on any atom is -0.462 e. The number of hydrogen-bond acceptors (Lipinski definition) is 11. The molecule has 1 aliphatic heterocycles. The molecule has 0 saturated carbocycles. The van der Waals surface area contributed by atoms with Gasteiger partial charge < -0.3 is 33.2 Å². The smallest absolute Gasteiger partial charge is 0.305 e. The molecule has 3 unspecified atom stereocenters. The molecule has 1 heterocycles. The summed E-state index contributed by atoms with van der Waals surface area (Å²) in [5, 5.41) is 0. The molecule has 0 radical (unpaired) electrons. The fraction of sp³-hybridized carbons (Fsp3) is 0.448. The number of carbonyl (C=O) groups is 4. The van der Waals surface area contributed by atoms with Crippen molar-refractivity contribution in [3.63, 3.8) is 0 Å². The maximum absolute atomic E-state index is 12.3. The van der Waals surface area contributed by atoms with Gasteiger partial charge in [0.05, 0.1) is 13.2 Å². The predicted molar refractivity (Wildman–Crippen MR) is 138 cm³/mol. The Balaban J connectivity index is 2.02. The molecular formula is C29H34O11. The zero-order chi connectivity index (χ0) is 29.1. The molecule has 6 atom stereocenters. The van der Waals surface area contributed by atoms with Crippen molar-refractivity contribution in [1.29, 1.82) is 0 Å². The van der Waals surface area contributed by atoms with Crippen LogP contribution in [0.25, 0.3) is 0 Å². The van der Waals surface area contributed by atoms with Crippen LogP contribution in [0, 0.1) is 0 Å². The van der Waals surface area contributed by atoms with E-state index in [1.807, 2.05) is 60.7 Å². The monoisotopic (exact) mass is 558 g/mol. The van der Waals surface area contributed by atoms with Crippen molar-refractivity contribution in [2.75, 3.05) is 6.61 Å². The van der Waals surface area contributed by atoms with Crippen LogP contribution in [0.2, 0.25) is 0 Å². The first-order chi connectivity index (χ1) is 19.1. The van der Waals surface area contributed by atoms with Crippen LogP contribution in [0.5, 0.6) is 0 Å². The Morgan fingerprint density at radius 2 is 1.20 bits per heavy atom. The van der Waals surface area contributed by atoms with E-state index in [0.29, 0.717) is 0 Å². The summed E-state index contributed by atoms with van der Waals surface area (Å²) < 4.78 is 40.3. The van der Waals surface area contributed by atoms with Gasteiger partial charge in [-0.2, -0.15) is 0 Å². The molecule has 2 aromatic rings. The fourth-order valence-corrected chi connectivity index (χ4v) is 4.23. The number of carbonyl (C=O) groups excluding carboxylic acids is 4. The minimum absolute atomic E-state index is 0.0626. The molecule has 0 N–H and O–H groups in total. The summed E-state index contributed by atoms with van der Waals surface area (Å²) in [7, 11) is 0. The highest BCUT2D eigenvalue weighted by atomic mass is 16.7. The molecule has 1 fully saturated rings. The molecular weight excluding hydrogens is 524 g/mol. The van der Waals surface area contributed by atoms with Gasteiger partial charge in [-0.25, -0.2) is 0 Å². The van der Waals surface area contributed by atoms with Gasteiger partial charge in [0, 0.05) is 27.7 Å². The molecule has 0 aliphatic carbocycles. The second kappa shape index (κ2) is 15.1. The lowest BCUT2D eigenvalue weighted by atomic mass is 9.94. The topological polar surface area (TPSA) is 133 Å². The Labute approximate surface area is 232 Å². The largest absolute Gasteiger partial charge is 0.462 e. The SMILES string of the molecule is CC(=O)OC[C@H](OC(C)=O)C1O[C@H](OC(C)=O)C(OCc2ccccc2)C(OC(C)=O)[C@H]1OCc1ccccc1. The summed E-state index contributed by atoms with van der Waals surface area (Å²) in [6.07, 6.45) is -7.19. The molecule has 1 saturated heterocycles. The normalized spacial score (nSPS) is 22.9. The quantitative estimate of drug-likeness (QED) is 0.281. The van der Waals surface area contributed by atoms with E-state index in [2.05, 4.69) is 0 Å². The summed E-state index contributed by atoms with van der Waals surface area (Å²) in [4.78, 5) is 48.0. The predicted octanol–water partition coefficient (Wildman–Crippen LogP) is 2.87. The van der Waals surface area contributed by atoms with Crippen LogP contribution >= 0.6 is 0 Å². The van der Waals surface area contributed by atoms with Crippen LogP contribution < -0.4 is 0 Å². The highest BCUT2D eigenvalue weighted by Crippen LogP contribution is 2.33. The second-order valence-electron chi connectivity index (χ2n) is 9.13. The third kappa shape index (κ3) is 9.44. The minimum atomic E-state index is -1.39. The maximum atomic E-state index is 12.3. The summed E-state index contributed by atoms with van der Waals surface area (Å²) in [5.41, 5.74) is 1.61. The Hall–Kier alpha value is -3.80. The van der Waals surface area contributed by atoms with Gasteiger partial charge >= 0.3 is 23.9 Å². The van der Waals surface area contributed by atoms with Crippen LogP contribution in [-0.2, 0) is 65.5 Å². The molecule has 3 rings (SSSR count). The molecule has 11 heteroatoms. The van der Waals surface area contributed by atoms with Crippen LogP contribution in [-0.4, -0.2) is 67.3 Å². The molecule has 0 aromatic heterocycles. The maximum Gasteiger partial charge on any atom is 0.305 e. The number of ether oxygens (including phenoxy) is 7. The first-order valence-electron chi connectivity index (χ1n) is 12.8. The molecule has 0 spiro atoms. The van der Waals surface area contributed by atoms with Gasteiger partial charge in [-0.05, 0) is 11.1 Å². The number of hydrogen-bond donors (Lipinski definition) is 0. The lowest BCUT2D eigenvalue weighted by Crippen LogP contribution is -2.64. The standard InChI is InChI=1S/C29H34O11/c1-18(30)34-17-24(37-19(2)31)25-26(35-15-22-11-7-5-8-12-22)27(38-20(3)32)28(29(40-25)39-21(4)33)36-16-23-13-9-6-10-14-23/h5-14,24-29H,15-17H2,1-4H3/t24-,25?,26-,27?,28?,29-/m0/s1. The van der Waals surface area contributed by atoms with Crippen molar-refractivity contribution in [3.8, 4) is 0 Å². The van der Waals surface area contributed by atoms with E-state index in [9.17, 15) is 19.2 Å².